The van der Waals surface area contributed by atoms with Crippen molar-refractivity contribution in [2.75, 3.05) is 5.32 Å². The van der Waals surface area contributed by atoms with Gasteiger partial charge in [0.2, 0.25) is 0 Å². The summed E-state index contributed by atoms with van der Waals surface area (Å²) < 4.78 is 13.9. The molecule has 4 aromatic rings. The molecule has 0 saturated carbocycles. The number of nitrogens with zero attached hydrogens (tertiary/aromatic N) is 1. The number of benzene rings is 2. The second kappa shape index (κ2) is 6.83. The molecule has 0 saturated heterocycles. The van der Waals surface area contributed by atoms with Gasteiger partial charge in [-0.15, -0.1) is 0 Å². The maximum atomic E-state index is 13.9. The highest BCUT2D eigenvalue weighted by molar-refractivity contribution is 6.36. The van der Waals surface area contributed by atoms with E-state index in [1.54, 1.807) is 30.3 Å². The summed E-state index contributed by atoms with van der Waals surface area (Å²) >= 11 is 12.6. The Morgan fingerprint density at radius 1 is 1.11 bits per heavy atom. The van der Waals surface area contributed by atoms with Gasteiger partial charge in [-0.2, -0.15) is 0 Å². The molecule has 27 heavy (non-hydrogen) atoms. The Kier molecular flexibility index (Phi) is 4.50. The number of hydrogen-bond donors (Lipinski definition) is 2. The Balaban J connectivity index is 1.92. The molecular weight excluding hydrogens is 388 g/mol. The van der Waals surface area contributed by atoms with E-state index >= 15 is 0 Å². The molecule has 0 radical (unpaired) electrons. The minimum Gasteiger partial charge on any atom is -0.363 e. The van der Waals surface area contributed by atoms with Gasteiger partial charge in [0.15, 0.2) is 0 Å². The van der Waals surface area contributed by atoms with Gasteiger partial charge in [-0.1, -0.05) is 29.3 Å². The third kappa shape index (κ3) is 3.13. The summed E-state index contributed by atoms with van der Waals surface area (Å²) in [5.74, 6) is 0.0954. The Hall–Kier alpha value is -2.63. The Morgan fingerprint density at radius 2 is 1.85 bits per heavy atom. The molecular formula is C20H14Cl2FN3O. The predicted octanol–water partition coefficient (Wildman–Crippen LogP) is 5.70. The zero-order valence-electron chi connectivity index (χ0n) is 14.2. The molecule has 4 nitrogen and oxygen atoms in total. The van der Waals surface area contributed by atoms with Gasteiger partial charge < -0.3 is 10.3 Å². The molecule has 0 fully saturated rings. The van der Waals surface area contributed by atoms with Crippen LogP contribution in [0, 0.1) is 5.82 Å². The molecule has 4 rings (SSSR count). The monoisotopic (exact) mass is 401 g/mol. The van der Waals surface area contributed by atoms with Crippen LogP contribution in [-0.4, -0.2) is 9.97 Å². The molecule has 2 heterocycles. The highest BCUT2D eigenvalue weighted by atomic mass is 35.5. The van der Waals surface area contributed by atoms with Crippen molar-refractivity contribution in [1.29, 1.82) is 0 Å². The lowest BCUT2D eigenvalue weighted by atomic mass is 10.1. The molecule has 2 aromatic carbocycles. The van der Waals surface area contributed by atoms with Crippen LogP contribution in [0.25, 0.3) is 21.7 Å². The van der Waals surface area contributed by atoms with Gasteiger partial charge in [0, 0.05) is 32.6 Å². The number of rotatable bonds is 3. The number of anilines is 1. The zero-order valence-corrected chi connectivity index (χ0v) is 15.7. The van der Waals surface area contributed by atoms with E-state index in [2.05, 4.69) is 15.3 Å². The SMILES string of the molecule is C[C@@H](Nc1nc2cc[nH]c(=O)c2c2cc(F)ccc12)c1c(Cl)cccc1Cl. The first-order valence-electron chi connectivity index (χ1n) is 8.27. The van der Waals surface area contributed by atoms with Gasteiger partial charge in [-0.05, 0) is 43.3 Å². The molecule has 0 amide bonds. The molecule has 0 aliphatic carbocycles. The summed E-state index contributed by atoms with van der Waals surface area (Å²) in [6.45, 7) is 1.91. The number of halogens is 3. The van der Waals surface area contributed by atoms with Crippen molar-refractivity contribution in [3.05, 3.63) is 80.4 Å². The third-order valence-electron chi connectivity index (χ3n) is 4.46. The Morgan fingerprint density at radius 3 is 2.59 bits per heavy atom. The number of pyridine rings is 2. The summed E-state index contributed by atoms with van der Waals surface area (Å²) in [7, 11) is 0. The van der Waals surface area contributed by atoms with Gasteiger partial charge in [0.05, 0.1) is 16.9 Å². The average Bonchev–Trinajstić information content (AvgIpc) is 2.61. The molecule has 0 unspecified atom stereocenters. The highest BCUT2D eigenvalue weighted by Gasteiger charge is 2.17. The number of H-pyrrole nitrogens is 1. The van der Waals surface area contributed by atoms with Crippen molar-refractivity contribution >= 4 is 50.7 Å². The van der Waals surface area contributed by atoms with Crippen LogP contribution in [-0.2, 0) is 0 Å². The highest BCUT2D eigenvalue weighted by Crippen LogP contribution is 2.34. The van der Waals surface area contributed by atoms with Crippen molar-refractivity contribution in [3.63, 3.8) is 0 Å². The fraction of sp³-hybridized carbons (Fsp3) is 0.100. The number of hydrogen-bond acceptors (Lipinski definition) is 3. The average molecular weight is 402 g/mol. The quantitative estimate of drug-likeness (QED) is 0.433. The normalized spacial score (nSPS) is 12.4. The van der Waals surface area contributed by atoms with Crippen LogP contribution in [0.2, 0.25) is 10.0 Å². The van der Waals surface area contributed by atoms with Crippen LogP contribution in [0.15, 0.2) is 53.5 Å². The van der Waals surface area contributed by atoms with Crippen LogP contribution in [0.1, 0.15) is 18.5 Å². The van der Waals surface area contributed by atoms with Crippen molar-refractivity contribution in [3.8, 4) is 0 Å². The van der Waals surface area contributed by atoms with Crippen LogP contribution in [0.5, 0.6) is 0 Å². The van der Waals surface area contributed by atoms with E-state index in [-0.39, 0.29) is 11.6 Å². The minimum absolute atomic E-state index is 0.258. The van der Waals surface area contributed by atoms with E-state index in [1.165, 1.54) is 18.3 Å². The largest absolute Gasteiger partial charge is 0.363 e. The van der Waals surface area contributed by atoms with E-state index in [9.17, 15) is 9.18 Å². The molecule has 136 valence electrons. The smallest absolute Gasteiger partial charge is 0.258 e. The molecule has 7 heteroatoms. The van der Waals surface area contributed by atoms with Crippen LogP contribution in [0.4, 0.5) is 10.2 Å². The number of aromatic amines is 1. The first-order valence-corrected chi connectivity index (χ1v) is 9.02. The van der Waals surface area contributed by atoms with E-state index in [4.69, 9.17) is 23.2 Å². The van der Waals surface area contributed by atoms with Crippen molar-refractivity contribution < 1.29 is 4.39 Å². The van der Waals surface area contributed by atoms with Crippen LogP contribution in [0.3, 0.4) is 0 Å². The lowest BCUT2D eigenvalue weighted by Crippen LogP contribution is -2.12. The van der Waals surface area contributed by atoms with E-state index < -0.39 is 5.82 Å². The van der Waals surface area contributed by atoms with Crippen molar-refractivity contribution in [2.24, 2.45) is 0 Å². The fourth-order valence-corrected chi connectivity index (χ4v) is 3.97. The summed E-state index contributed by atoms with van der Waals surface area (Å²) in [4.78, 5) is 19.5. The predicted molar refractivity (Wildman–Crippen MR) is 108 cm³/mol. The van der Waals surface area contributed by atoms with Gasteiger partial charge in [0.25, 0.3) is 5.56 Å². The number of fused-ring (bicyclic) bond motifs is 3. The molecule has 0 aliphatic heterocycles. The van der Waals surface area contributed by atoms with Crippen molar-refractivity contribution in [1.82, 2.24) is 9.97 Å². The first kappa shape index (κ1) is 17.8. The molecule has 0 bridgehead atoms. The van der Waals surface area contributed by atoms with Crippen LogP contribution < -0.4 is 10.9 Å². The molecule has 0 spiro atoms. The molecule has 2 N–H and O–H groups in total. The topological polar surface area (TPSA) is 57.8 Å². The number of nitrogens with one attached hydrogen (secondary N) is 2. The molecule has 2 aromatic heterocycles. The summed E-state index contributed by atoms with van der Waals surface area (Å²) in [6.07, 6.45) is 1.51. The van der Waals surface area contributed by atoms with E-state index in [0.29, 0.717) is 37.5 Å². The molecule has 1 atom stereocenters. The fourth-order valence-electron chi connectivity index (χ4n) is 3.24. The van der Waals surface area contributed by atoms with Crippen LogP contribution >= 0.6 is 23.2 Å². The second-order valence-corrected chi connectivity index (χ2v) is 7.03. The zero-order chi connectivity index (χ0) is 19.1. The minimum atomic E-state index is -0.425. The maximum absolute atomic E-state index is 13.9. The van der Waals surface area contributed by atoms with Gasteiger partial charge in [-0.3, -0.25) is 4.79 Å². The Bertz CT molecular complexity index is 1220. The summed E-state index contributed by atoms with van der Waals surface area (Å²) in [5.41, 5.74) is 0.894. The molecule has 0 aliphatic rings. The van der Waals surface area contributed by atoms with E-state index in [0.717, 1.165) is 5.56 Å². The standard InChI is InChI=1S/C20H14Cl2FN3O/c1-10(17-14(21)3-2-4-15(17)22)25-19-12-6-5-11(23)9-13(12)18-16(26-19)7-8-24-20(18)27/h2-10H,1H3,(H,24,27)(H,25,26)/t10-/m1/s1. The van der Waals surface area contributed by atoms with Gasteiger partial charge >= 0.3 is 0 Å². The lowest BCUT2D eigenvalue weighted by molar-refractivity contribution is 0.630. The van der Waals surface area contributed by atoms with Crippen molar-refractivity contribution in [2.45, 2.75) is 13.0 Å². The summed E-state index contributed by atoms with van der Waals surface area (Å²) in [5, 5.41) is 5.84. The third-order valence-corrected chi connectivity index (χ3v) is 5.12. The summed E-state index contributed by atoms with van der Waals surface area (Å²) in [6, 6.07) is 11.0. The number of aromatic nitrogens is 2. The van der Waals surface area contributed by atoms with E-state index in [1.807, 2.05) is 6.92 Å². The second-order valence-electron chi connectivity index (χ2n) is 6.22. The van der Waals surface area contributed by atoms with Gasteiger partial charge in [0.1, 0.15) is 11.6 Å². The van der Waals surface area contributed by atoms with Gasteiger partial charge in [-0.25, -0.2) is 9.37 Å². The maximum Gasteiger partial charge on any atom is 0.258 e. The Labute approximate surface area is 164 Å². The lowest BCUT2D eigenvalue weighted by Gasteiger charge is -2.19. The first-order chi connectivity index (χ1) is 13.0.